The minimum atomic E-state index is -3.96. The summed E-state index contributed by atoms with van der Waals surface area (Å²) >= 11 is 0. The lowest BCUT2D eigenvalue weighted by molar-refractivity contribution is 0.174. The van der Waals surface area contributed by atoms with E-state index in [0.29, 0.717) is 49.7 Å². The molecule has 0 bridgehead atoms. The molecule has 2 aliphatic rings. The number of nitrogens with zero attached hydrogens (tertiary/aromatic N) is 2. The first-order valence-electron chi connectivity index (χ1n) is 11.1. The maximum Gasteiger partial charge on any atom is 0.264 e. The predicted molar refractivity (Wildman–Crippen MR) is 125 cm³/mol. The van der Waals surface area contributed by atoms with Crippen LogP contribution in [-0.4, -0.2) is 44.3 Å². The Labute approximate surface area is 198 Å². The molecular weight excluding hydrogens is 459 g/mol. The fraction of sp³-hybridized carbons (Fsp3) is 0.280. The molecule has 0 unspecified atom stereocenters. The normalized spacial score (nSPS) is 16.5. The Balaban J connectivity index is 1.42. The van der Waals surface area contributed by atoms with Crippen LogP contribution in [0.25, 0.3) is 0 Å². The first-order chi connectivity index (χ1) is 16.4. The zero-order valence-electron chi connectivity index (χ0n) is 18.4. The van der Waals surface area contributed by atoms with Crippen molar-refractivity contribution in [2.75, 3.05) is 24.2 Å². The average molecular weight is 485 g/mol. The Morgan fingerprint density at radius 1 is 0.971 bits per heavy atom. The molecule has 178 valence electrons. The summed E-state index contributed by atoms with van der Waals surface area (Å²) in [6.07, 6.45) is 1.20. The first kappa shape index (κ1) is 22.5. The van der Waals surface area contributed by atoms with Gasteiger partial charge in [-0.3, -0.25) is 9.21 Å². The molecule has 0 saturated carbocycles. The van der Waals surface area contributed by atoms with Crippen LogP contribution in [0.5, 0.6) is 17.2 Å². The highest BCUT2D eigenvalue weighted by molar-refractivity contribution is 7.92. The average Bonchev–Trinajstić information content (AvgIpc) is 3.30. The third-order valence-corrected chi connectivity index (χ3v) is 8.15. The molecule has 3 aromatic rings. The summed E-state index contributed by atoms with van der Waals surface area (Å²) in [5.74, 6) is 0.825. The van der Waals surface area contributed by atoms with E-state index in [0.717, 1.165) is 17.7 Å². The Bertz CT molecular complexity index is 1270. The molecule has 1 N–H and O–H groups in total. The number of ether oxygens (including phenoxy) is 2. The van der Waals surface area contributed by atoms with E-state index in [1.54, 1.807) is 30.3 Å². The van der Waals surface area contributed by atoms with Gasteiger partial charge in [0.05, 0.1) is 10.6 Å². The zero-order valence-corrected chi connectivity index (χ0v) is 19.2. The van der Waals surface area contributed by atoms with Crippen molar-refractivity contribution in [2.24, 2.45) is 0 Å². The summed E-state index contributed by atoms with van der Waals surface area (Å²) < 4.78 is 53.3. The molecule has 0 aliphatic carbocycles. The molecule has 1 fully saturated rings. The number of rotatable bonds is 6. The maximum absolute atomic E-state index is 13.7. The molecule has 34 heavy (non-hydrogen) atoms. The number of phenolic OH excluding ortho intramolecular Hbond substituents is 1. The van der Waals surface area contributed by atoms with Gasteiger partial charge < -0.3 is 14.6 Å². The lowest BCUT2D eigenvalue weighted by Crippen LogP contribution is -2.47. The lowest BCUT2D eigenvalue weighted by atomic mass is 10.0. The predicted octanol–water partition coefficient (Wildman–Crippen LogP) is 4.12. The van der Waals surface area contributed by atoms with E-state index in [1.807, 2.05) is 12.1 Å². The standard InChI is InChI=1S/C25H25FN2O5S/c26-19-5-8-22(9-6-19)34(30,31)28(21-7-10-24-25(15-21)33-17-32-24)20-11-13-27(14-12-20)16-18-3-1-2-4-23(18)29/h1-10,15,20,29H,11-14,16-17H2. The summed E-state index contributed by atoms with van der Waals surface area (Å²) in [5.41, 5.74) is 1.32. The minimum absolute atomic E-state index is 0.0307. The number of hydrogen-bond donors (Lipinski definition) is 1. The van der Waals surface area contributed by atoms with Crippen molar-refractivity contribution in [1.29, 1.82) is 0 Å². The van der Waals surface area contributed by atoms with E-state index in [9.17, 15) is 17.9 Å². The molecule has 0 amide bonds. The van der Waals surface area contributed by atoms with Gasteiger partial charge in [-0.15, -0.1) is 0 Å². The molecule has 1 saturated heterocycles. The van der Waals surface area contributed by atoms with Gasteiger partial charge in [-0.2, -0.15) is 0 Å². The molecule has 2 heterocycles. The Morgan fingerprint density at radius 2 is 1.68 bits per heavy atom. The van der Waals surface area contributed by atoms with Crippen LogP contribution in [0.3, 0.4) is 0 Å². The fourth-order valence-corrected chi connectivity index (χ4v) is 6.19. The molecule has 0 aromatic heterocycles. The van der Waals surface area contributed by atoms with Crippen molar-refractivity contribution >= 4 is 15.7 Å². The SMILES string of the molecule is O=S(=O)(c1ccc(F)cc1)N(c1ccc2c(c1)OCO2)C1CCN(Cc2ccccc2O)CC1. The van der Waals surface area contributed by atoms with Gasteiger partial charge in [-0.25, -0.2) is 12.8 Å². The molecule has 5 rings (SSSR count). The van der Waals surface area contributed by atoms with Gasteiger partial charge in [0.15, 0.2) is 11.5 Å². The number of piperidine rings is 1. The third kappa shape index (κ3) is 4.41. The molecule has 7 nitrogen and oxygen atoms in total. The largest absolute Gasteiger partial charge is 0.508 e. The Morgan fingerprint density at radius 3 is 2.41 bits per heavy atom. The van der Waals surface area contributed by atoms with Gasteiger partial charge in [-0.05, 0) is 55.3 Å². The number of likely N-dealkylation sites (tertiary alicyclic amines) is 1. The number of benzene rings is 3. The van der Waals surface area contributed by atoms with Gasteiger partial charge in [0.2, 0.25) is 6.79 Å². The first-order valence-corrected chi connectivity index (χ1v) is 12.5. The molecule has 0 radical (unpaired) electrons. The number of fused-ring (bicyclic) bond motifs is 1. The number of para-hydroxylation sites is 1. The molecular formula is C25H25FN2O5S. The van der Waals surface area contributed by atoms with Crippen LogP contribution >= 0.6 is 0 Å². The second-order valence-corrected chi connectivity index (χ2v) is 10.2. The van der Waals surface area contributed by atoms with Gasteiger partial charge in [0.1, 0.15) is 11.6 Å². The van der Waals surface area contributed by atoms with Gasteiger partial charge >= 0.3 is 0 Å². The van der Waals surface area contributed by atoms with E-state index in [2.05, 4.69) is 4.90 Å². The summed E-state index contributed by atoms with van der Waals surface area (Å²) in [5, 5.41) is 10.1. The highest BCUT2D eigenvalue weighted by atomic mass is 32.2. The van der Waals surface area contributed by atoms with Crippen molar-refractivity contribution < 1.29 is 27.4 Å². The molecule has 2 aliphatic heterocycles. The van der Waals surface area contributed by atoms with E-state index < -0.39 is 15.8 Å². The van der Waals surface area contributed by atoms with Gasteiger partial charge in [0, 0.05) is 37.3 Å². The highest BCUT2D eigenvalue weighted by Gasteiger charge is 2.35. The minimum Gasteiger partial charge on any atom is -0.508 e. The highest BCUT2D eigenvalue weighted by Crippen LogP contribution is 2.39. The second-order valence-electron chi connectivity index (χ2n) is 8.43. The van der Waals surface area contributed by atoms with E-state index in [1.165, 1.54) is 16.4 Å². The summed E-state index contributed by atoms with van der Waals surface area (Å²) in [4.78, 5) is 2.23. The number of hydrogen-bond acceptors (Lipinski definition) is 6. The fourth-order valence-electron chi connectivity index (χ4n) is 4.49. The van der Waals surface area contributed by atoms with E-state index in [4.69, 9.17) is 9.47 Å². The van der Waals surface area contributed by atoms with Crippen molar-refractivity contribution in [3.63, 3.8) is 0 Å². The van der Waals surface area contributed by atoms with E-state index in [-0.39, 0.29) is 23.5 Å². The smallest absolute Gasteiger partial charge is 0.264 e. The van der Waals surface area contributed by atoms with Crippen LogP contribution in [0.4, 0.5) is 10.1 Å². The third-order valence-electron chi connectivity index (χ3n) is 6.26. The van der Waals surface area contributed by atoms with Crippen molar-refractivity contribution in [3.8, 4) is 17.2 Å². The molecule has 0 spiro atoms. The van der Waals surface area contributed by atoms with Crippen molar-refractivity contribution in [2.45, 2.75) is 30.3 Å². The monoisotopic (exact) mass is 484 g/mol. The van der Waals surface area contributed by atoms with Crippen LogP contribution in [0.15, 0.2) is 71.6 Å². The zero-order chi connectivity index (χ0) is 23.7. The Hall–Kier alpha value is -3.30. The van der Waals surface area contributed by atoms with Crippen LogP contribution < -0.4 is 13.8 Å². The number of sulfonamides is 1. The van der Waals surface area contributed by atoms with Crippen LogP contribution in [0.2, 0.25) is 0 Å². The summed E-state index contributed by atoms with van der Waals surface area (Å²) in [7, 11) is -3.96. The second kappa shape index (κ2) is 9.15. The van der Waals surface area contributed by atoms with Gasteiger partial charge in [0.25, 0.3) is 10.0 Å². The van der Waals surface area contributed by atoms with Crippen molar-refractivity contribution in [3.05, 3.63) is 78.1 Å². The lowest BCUT2D eigenvalue weighted by Gasteiger charge is -2.39. The van der Waals surface area contributed by atoms with Gasteiger partial charge in [-0.1, -0.05) is 18.2 Å². The quantitative estimate of drug-likeness (QED) is 0.567. The molecule has 0 atom stereocenters. The summed E-state index contributed by atoms with van der Waals surface area (Å²) in [6, 6.07) is 16.9. The number of phenols is 1. The summed E-state index contributed by atoms with van der Waals surface area (Å²) in [6.45, 7) is 2.01. The van der Waals surface area contributed by atoms with Crippen LogP contribution in [0.1, 0.15) is 18.4 Å². The Kier molecular flexibility index (Phi) is 6.05. The van der Waals surface area contributed by atoms with Crippen LogP contribution in [0, 0.1) is 5.82 Å². The van der Waals surface area contributed by atoms with E-state index >= 15 is 0 Å². The number of halogens is 1. The topological polar surface area (TPSA) is 79.3 Å². The van der Waals surface area contributed by atoms with Crippen LogP contribution in [-0.2, 0) is 16.6 Å². The number of anilines is 1. The molecule has 9 heteroatoms. The maximum atomic E-state index is 13.7. The molecule has 3 aromatic carbocycles. The number of aromatic hydroxyl groups is 1. The van der Waals surface area contributed by atoms with Crippen molar-refractivity contribution in [1.82, 2.24) is 4.90 Å².